The van der Waals surface area contributed by atoms with Gasteiger partial charge in [-0.2, -0.15) is 5.10 Å². The minimum Gasteiger partial charge on any atom is -0.444 e. The Bertz CT molecular complexity index is 609. The van der Waals surface area contributed by atoms with Crippen LogP contribution < -0.4 is 0 Å². The summed E-state index contributed by atoms with van der Waals surface area (Å²) in [5, 5.41) is 4.61. The van der Waals surface area contributed by atoms with Gasteiger partial charge in [0.15, 0.2) is 0 Å². The summed E-state index contributed by atoms with van der Waals surface area (Å²) < 4.78 is 9.66. The van der Waals surface area contributed by atoms with Gasteiger partial charge in [0.25, 0.3) is 0 Å². The second-order valence-corrected chi connectivity index (χ2v) is 9.35. The van der Waals surface area contributed by atoms with Gasteiger partial charge in [0.2, 0.25) is 0 Å². The third-order valence-corrected chi connectivity index (χ3v) is 6.87. The van der Waals surface area contributed by atoms with Gasteiger partial charge >= 0.3 is 6.09 Å². The second kappa shape index (κ2) is 5.36. The molecule has 1 spiro atoms. The molecule has 1 aromatic heterocycles. The molecular weight excluding hydrogens is 461 g/mol. The summed E-state index contributed by atoms with van der Waals surface area (Å²) >= 11 is 5.83. The van der Waals surface area contributed by atoms with E-state index in [9.17, 15) is 4.79 Å². The summed E-state index contributed by atoms with van der Waals surface area (Å²) in [5.74, 6) is 0. The number of rotatable bonds is 1. The number of aromatic nitrogens is 2. The van der Waals surface area contributed by atoms with E-state index in [4.69, 9.17) is 4.74 Å². The maximum absolute atomic E-state index is 12.0. The summed E-state index contributed by atoms with van der Waals surface area (Å²) in [6, 6.07) is 0.459. The Labute approximate surface area is 153 Å². The van der Waals surface area contributed by atoms with Crippen LogP contribution in [0.2, 0.25) is 0 Å². The van der Waals surface area contributed by atoms with Gasteiger partial charge in [-0.1, -0.05) is 0 Å². The molecule has 1 aliphatic heterocycles. The minimum atomic E-state index is -0.420. The van der Waals surface area contributed by atoms with Gasteiger partial charge in [0.1, 0.15) is 9.30 Å². The van der Waals surface area contributed by atoms with Gasteiger partial charge in [0, 0.05) is 18.5 Å². The van der Waals surface area contributed by atoms with Crippen LogP contribution in [0.3, 0.4) is 0 Å². The Hall–Kier alpha value is -0.310. The van der Waals surface area contributed by atoms with Crippen molar-refractivity contribution in [2.75, 3.05) is 13.1 Å². The molecule has 1 aliphatic carbocycles. The molecule has 0 atom stereocenters. The predicted molar refractivity (Wildman–Crippen MR) is 95.9 cm³/mol. The van der Waals surface area contributed by atoms with Crippen molar-refractivity contribution in [3.63, 3.8) is 0 Å². The Kier molecular flexibility index (Phi) is 4.03. The lowest BCUT2D eigenvalue weighted by molar-refractivity contribution is -0.0931. The van der Waals surface area contributed by atoms with E-state index in [0.29, 0.717) is 6.04 Å². The highest BCUT2D eigenvalue weighted by Gasteiger charge is 2.55. The average Bonchev–Trinajstić information content (AvgIpc) is 2.51. The van der Waals surface area contributed by atoms with Crippen molar-refractivity contribution in [2.45, 2.75) is 52.2 Å². The fourth-order valence-corrected chi connectivity index (χ4v) is 4.29. The molecule has 0 aromatic carbocycles. The van der Waals surface area contributed by atoms with Gasteiger partial charge in [-0.15, -0.1) is 0 Å². The third kappa shape index (κ3) is 2.90. The molecule has 0 N–H and O–H groups in total. The first kappa shape index (κ1) is 16.5. The van der Waals surface area contributed by atoms with Crippen LogP contribution in [0.15, 0.2) is 4.47 Å². The van der Waals surface area contributed by atoms with Crippen LogP contribution in [0.1, 0.15) is 45.3 Å². The van der Waals surface area contributed by atoms with Crippen LogP contribution in [-0.4, -0.2) is 39.5 Å². The highest BCUT2D eigenvalue weighted by molar-refractivity contribution is 14.1. The summed E-state index contributed by atoms with van der Waals surface area (Å²) in [4.78, 5) is 13.8. The molecule has 1 saturated carbocycles. The van der Waals surface area contributed by atoms with E-state index in [0.717, 1.165) is 34.1 Å². The van der Waals surface area contributed by atoms with Crippen molar-refractivity contribution in [2.24, 2.45) is 5.41 Å². The first-order valence-electron chi connectivity index (χ1n) is 7.48. The molecule has 1 saturated heterocycles. The molecule has 2 heterocycles. The molecule has 3 rings (SSSR count). The molecule has 5 nitrogen and oxygen atoms in total. The van der Waals surface area contributed by atoms with Gasteiger partial charge < -0.3 is 9.64 Å². The smallest absolute Gasteiger partial charge is 0.410 e. The zero-order valence-corrected chi connectivity index (χ0v) is 17.1. The van der Waals surface area contributed by atoms with Crippen LogP contribution in [0.25, 0.3) is 0 Å². The summed E-state index contributed by atoms with van der Waals surface area (Å²) in [7, 11) is 0. The number of likely N-dealkylation sites (tertiary alicyclic amines) is 1. The number of carbonyl (C=O) groups is 1. The number of halogens is 2. The molecule has 0 radical (unpaired) electrons. The Morgan fingerprint density at radius 1 is 1.41 bits per heavy atom. The number of ether oxygens (including phenoxy) is 1. The first-order chi connectivity index (χ1) is 10.1. The zero-order valence-electron chi connectivity index (χ0n) is 13.3. The highest BCUT2D eigenvalue weighted by atomic mass is 127. The first-order valence-corrected chi connectivity index (χ1v) is 9.35. The molecule has 1 aromatic rings. The molecule has 7 heteroatoms. The van der Waals surface area contributed by atoms with Crippen molar-refractivity contribution in [3.05, 3.63) is 13.9 Å². The normalized spacial score (nSPS) is 20.7. The summed E-state index contributed by atoms with van der Waals surface area (Å²) in [5.41, 5.74) is 1.06. The van der Waals surface area contributed by atoms with Crippen molar-refractivity contribution in [3.8, 4) is 0 Å². The minimum absolute atomic E-state index is 0.186. The molecule has 2 aliphatic rings. The van der Waals surface area contributed by atoms with Crippen LogP contribution in [0.5, 0.6) is 0 Å². The Morgan fingerprint density at radius 2 is 2.00 bits per heavy atom. The number of nitrogens with zero attached hydrogens (tertiary/aromatic N) is 3. The van der Waals surface area contributed by atoms with Gasteiger partial charge in [-0.05, 0) is 79.1 Å². The number of amides is 1. The van der Waals surface area contributed by atoms with Crippen LogP contribution in [0, 0.1) is 16.0 Å². The standard InChI is InChI=1S/C15H21BrIN3O2/c1-9-11(16)12(17)18-20(9)10-5-15(6-10)7-19(8-15)13(21)22-14(2,3)4/h10H,5-8H2,1-4H3. The third-order valence-electron chi connectivity index (χ3n) is 4.43. The quantitative estimate of drug-likeness (QED) is 0.566. The SMILES string of the molecule is Cc1c(Br)c(I)nn1C1CC2(C1)CN(C(=O)OC(C)(C)C)C2. The zero-order chi connectivity index (χ0) is 16.3. The topological polar surface area (TPSA) is 47.4 Å². The maximum atomic E-state index is 12.0. The number of hydrogen-bond acceptors (Lipinski definition) is 3. The van der Waals surface area contributed by atoms with Gasteiger partial charge in [-0.25, -0.2) is 4.79 Å². The monoisotopic (exact) mass is 481 g/mol. The molecule has 2 fully saturated rings. The lowest BCUT2D eigenvalue weighted by Crippen LogP contribution is -2.64. The average molecular weight is 482 g/mol. The van der Waals surface area contributed by atoms with E-state index in [1.807, 2.05) is 25.7 Å². The molecule has 0 unspecified atom stereocenters. The molecular formula is C15H21BrIN3O2. The summed E-state index contributed by atoms with van der Waals surface area (Å²) in [6.45, 7) is 9.44. The maximum Gasteiger partial charge on any atom is 0.410 e. The fourth-order valence-electron chi connectivity index (χ4n) is 3.41. The lowest BCUT2D eigenvalue weighted by Gasteiger charge is -2.58. The lowest BCUT2D eigenvalue weighted by atomic mass is 9.61. The van der Waals surface area contributed by atoms with Crippen molar-refractivity contribution < 1.29 is 9.53 Å². The Balaban J connectivity index is 1.55. The van der Waals surface area contributed by atoms with Crippen molar-refractivity contribution >= 4 is 44.6 Å². The van der Waals surface area contributed by atoms with E-state index in [2.05, 4.69) is 55.2 Å². The van der Waals surface area contributed by atoms with E-state index in [1.54, 1.807) is 0 Å². The number of hydrogen-bond donors (Lipinski definition) is 0. The highest BCUT2D eigenvalue weighted by Crippen LogP contribution is 2.54. The molecule has 22 heavy (non-hydrogen) atoms. The van der Waals surface area contributed by atoms with Gasteiger partial charge in [0.05, 0.1) is 16.2 Å². The molecule has 122 valence electrons. The molecule has 0 bridgehead atoms. The van der Waals surface area contributed by atoms with Crippen LogP contribution in [0.4, 0.5) is 4.79 Å². The largest absolute Gasteiger partial charge is 0.444 e. The van der Waals surface area contributed by atoms with Crippen molar-refractivity contribution in [1.82, 2.24) is 14.7 Å². The van der Waals surface area contributed by atoms with E-state index >= 15 is 0 Å². The summed E-state index contributed by atoms with van der Waals surface area (Å²) in [6.07, 6.45) is 2.00. The van der Waals surface area contributed by atoms with E-state index in [1.165, 1.54) is 5.69 Å². The predicted octanol–water partition coefficient (Wildman–Crippen LogP) is 4.13. The van der Waals surface area contributed by atoms with Crippen LogP contribution >= 0.6 is 38.5 Å². The van der Waals surface area contributed by atoms with E-state index < -0.39 is 5.60 Å². The van der Waals surface area contributed by atoms with Crippen molar-refractivity contribution in [1.29, 1.82) is 0 Å². The molecule has 1 amide bonds. The van der Waals surface area contributed by atoms with Crippen LogP contribution in [-0.2, 0) is 4.74 Å². The number of carbonyl (C=O) groups excluding carboxylic acids is 1. The van der Waals surface area contributed by atoms with E-state index in [-0.39, 0.29) is 11.5 Å². The van der Waals surface area contributed by atoms with Gasteiger partial charge in [-0.3, -0.25) is 4.68 Å². The Morgan fingerprint density at radius 3 is 2.45 bits per heavy atom. The second-order valence-electron chi connectivity index (χ2n) is 7.53. The fraction of sp³-hybridized carbons (Fsp3) is 0.733.